The molecule has 0 spiro atoms. The summed E-state index contributed by atoms with van der Waals surface area (Å²) in [6.45, 7) is 9.62. The molecule has 1 aliphatic heterocycles. The Bertz CT molecular complexity index is 1160. The van der Waals surface area contributed by atoms with Crippen molar-refractivity contribution in [2.75, 3.05) is 35.4 Å². The molecule has 0 radical (unpaired) electrons. The predicted molar refractivity (Wildman–Crippen MR) is 158 cm³/mol. The number of hydrogen-bond donors (Lipinski definition) is 0. The van der Waals surface area contributed by atoms with Crippen LogP contribution in [0.2, 0.25) is 0 Å². The molecule has 6 bridgehead atoms. The fourth-order valence-electron chi connectivity index (χ4n) is 5.54. The molecule has 39 heavy (non-hydrogen) atoms. The largest absolute Gasteiger partial charge is 0.497 e. The van der Waals surface area contributed by atoms with E-state index in [9.17, 15) is 0 Å². The van der Waals surface area contributed by atoms with Crippen LogP contribution in [0.4, 0.5) is 0 Å². The molecule has 0 amide bonds. The summed E-state index contributed by atoms with van der Waals surface area (Å²) in [6, 6.07) is 20.4. The smallest absolute Gasteiger partial charge is 0.119 e. The average Bonchev–Trinajstić information content (AvgIpc) is 2.90. The molecule has 4 rings (SSSR count). The normalized spacial score (nSPS) is 16.7. The minimum atomic E-state index is 0.435. The van der Waals surface area contributed by atoms with Crippen LogP contribution in [0.25, 0.3) is 0 Å². The fraction of sp³-hybridized carbons (Fsp3) is 0.455. The minimum Gasteiger partial charge on any atom is -0.497 e. The molecular formula is C33H45N3O3. The maximum atomic E-state index is 5.73. The van der Waals surface area contributed by atoms with E-state index in [2.05, 4.69) is 97.2 Å². The molecule has 6 nitrogen and oxygen atoms in total. The molecule has 6 heteroatoms. The van der Waals surface area contributed by atoms with Crippen LogP contribution in [0.15, 0.2) is 54.6 Å². The Hall–Kier alpha value is -3.06. The van der Waals surface area contributed by atoms with Gasteiger partial charge in [-0.2, -0.15) is 0 Å². The molecular weight excluding hydrogens is 486 g/mol. The molecule has 0 fully saturated rings. The predicted octanol–water partition coefficient (Wildman–Crippen LogP) is 6.09. The SMILES string of the molecule is CCC(C)N1Cc2cc(cc(OC)c2)CN(C)Cc2cc(cc(OC)c2)CN(C)Cc2cc(cc(OC)c2)C1. The quantitative estimate of drug-likeness (QED) is 0.397. The Morgan fingerprint density at radius 3 is 1.08 bits per heavy atom. The van der Waals surface area contributed by atoms with Crippen LogP contribution in [-0.2, 0) is 39.3 Å². The van der Waals surface area contributed by atoms with Gasteiger partial charge >= 0.3 is 0 Å². The summed E-state index contributed by atoms with van der Waals surface area (Å²) in [5, 5.41) is 0. The van der Waals surface area contributed by atoms with Crippen LogP contribution in [0.3, 0.4) is 0 Å². The van der Waals surface area contributed by atoms with Gasteiger partial charge in [0, 0.05) is 45.3 Å². The summed E-state index contributed by atoms with van der Waals surface area (Å²) in [4.78, 5) is 7.27. The monoisotopic (exact) mass is 531 g/mol. The van der Waals surface area contributed by atoms with E-state index in [-0.39, 0.29) is 0 Å². The zero-order valence-electron chi connectivity index (χ0n) is 24.8. The first kappa shape index (κ1) is 28.9. The zero-order chi connectivity index (χ0) is 27.9. The first-order valence-electron chi connectivity index (χ1n) is 13.9. The maximum absolute atomic E-state index is 5.73. The molecule has 1 unspecified atom stereocenters. The van der Waals surface area contributed by atoms with Crippen LogP contribution in [0.5, 0.6) is 17.2 Å². The molecule has 1 heterocycles. The summed E-state index contributed by atoms with van der Waals surface area (Å²) in [6.07, 6.45) is 1.08. The third-order valence-electron chi connectivity index (χ3n) is 7.58. The van der Waals surface area contributed by atoms with Gasteiger partial charge in [-0.05, 0) is 97.2 Å². The van der Waals surface area contributed by atoms with Crippen molar-refractivity contribution in [3.8, 4) is 17.2 Å². The lowest BCUT2D eigenvalue weighted by atomic mass is 10.0. The number of rotatable bonds is 5. The highest BCUT2D eigenvalue weighted by atomic mass is 16.5. The van der Waals surface area contributed by atoms with Gasteiger partial charge in [0.25, 0.3) is 0 Å². The first-order valence-corrected chi connectivity index (χ1v) is 13.9. The van der Waals surface area contributed by atoms with Gasteiger partial charge in [0.2, 0.25) is 0 Å². The molecule has 0 aliphatic carbocycles. The van der Waals surface area contributed by atoms with Crippen molar-refractivity contribution in [1.29, 1.82) is 0 Å². The number of fused-ring (bicyclic) bond motifs is 6. The lowest BCUT2D eigenvalue weighted by Crippen LogP contribution is -2.32. The van der Waals surface area contributed by atoms with Gasteiger partial charge in [-0.25, -0.2) is 0 Å². The van der Waals surface area contributed by atoms with Gasteiger partial charge in [-0.1, -0.05) is 25.1 Å². The van der Waals surface area contributed by atoms with Crippen molar-refractivity contribution in [3.63, 3.8) is 0 Å². The molecule has 210 valence electrons. The van der Waals surface area contributed by atoms with Crippen molar-refractivity contribution >= 4 is 0 Å². The molecule has 0 N–H and O–H groups in total. The van der Waals surface area contributed by atoms with Gasteiger partial charge in [0.15, 0.2) is 0 Å². The molecule has 1 atom stereocenters. The lowest BCUT2D eigenvalue weighted by Gasteiger charge is -2.30. The summed E-state index contributed by atoms with van der Waals surface area (Å²) >= 11 is 0. The van der Waals surface area contributed by atoms with Crippen molar-refractivity contribution in [3.05, 3.63) is 88.0 Å². The summed E-state index contributed by atoms with van der Waals surface area (Å²) in [5.74, 6) is 2.71. The van der Waals surface area contributed by atoms with Gasteiger partial charge in [-0.15, -0.1) is 0 Å². The summed E-state index contributed by atoms with van der Waals surface area (Å²) in [7, 11) is 9.60. The van der Waals surface area contributed by atoms with E-state index in [0.717, 1.165) is 62.9 Å². The highest BCUT2D eigenvalue weighted by Gasteiger charge is 2.17. The van der Waals surface area contributed by atoms with Crippen molar-refractivity contribution < 1.29 is 14.2 Å². The molecule has 3 aromatic carbocycles. The highest BCUT2D eigenvalue weighted by Crippen LogP contribution is 2.26. The highest BCUT2D eigenvalue weighted by molar-refractivity contribution is 5.38. The van der Waals surface area contributed by atoms with Crippen LogP contribution < -0.4 is 14.2 Å². The van der Waals surface area contributed by atoms with E-state index in [1.54, 1.807) is 21.3 Å². The molecule has 0 saturated heterocycles. The van der Waals surface area contributed by atoms with Gasteiger partial charge in [0.1, 0.15) is 17.2 Å². The van der Waals surface area contributed by atoms with E-state index in [4.69, 9.17) is 14.2 Å². The van der Waals surface area contributed by atoms with Crippen LogP contribution in [0.1, 0.15) is 53.6 Å². The second-order valence-electron chi connectivity index (χ2n) is 11.1. The average molecular weight is 532 g/mol. The van der Waals surface area contributed by atoms with Crippen molar-refractivity contribution in [2.24, 2.45) is 0 Å². The lowest BCUT2D eigenvalue weighted by molar-refractivity contribution is 0.185. The van der Waals surface area contributed by atoms with Crippen LogP contribution in [0, 0.1) is 0 Å². The van der Waals surface area contributed by atoms with Gasteiger partial charge in [-0.3, -0.25) is 14.7 Å². The molecule has 0 saturated carbocycles. The number of ether oxygens (including phenoxy) is 3. The van der Waals surface area contributed by atoms with E-state index >= 15 is 0 Å². The molecule has 0 aromatic heterocycles. The second-order valence-corrected chi connectivity index (χ2v) is 11.1. The van der Waals surface area contributed by atoms with Gasteiger partial charge in [0.05, 0.1) is 21.3 Å². The summed E-state index contributed by atoms with van der Waals surface area (Å²) < 4.78 is 17.1. The maximum Gasteiger partial charge on any atom is 0.119 e. The van der Waals surface area contributed by atoms with E-state index in [0.29, 0.717) is 6.04 Å². The van der Waals surface area contributed by atoms with Crippen LogP contribution in [-0.4, -0.2) is 56.2 Å². The first-order chi connectivity index (χ1) is 18.8. The number of hydrogen-bond acceptors (Lipinski definition) is 6. The number of methoxy groups -OCH3 is 3. The van der Waals surface area contributed by atoms with Crippen molar-refractivity contribution in [1.82, 2.24) is 14.7 Å². The Balaban J connectivity index is 1.77. The van der Waals surface area contributed by atoms with Crippen molar-refractivity contribution in [2.45, 2.75) is 65.6 Å². The third kappa shape index (κ3) is 7.98. The summed E-state index contributed by atoms with van der Waals surface area (Å²) in [5.41, 5.74) is 7.54. The topological polar surface area (TPSA) is 37.4 Å². The Morgan fingerprint density at radius 2 is 0.821 bits per heavy atom. The number of benzene rings is 3. The standard InChI is InChI=1S/C33H45N3O3/c1-8-24(2)36-22-29-10-27(14-32(16-29)38-6)20-34(3)18-25-9-26(13-31(12-25)37-5)19-35(4)21-28-11-30(23-36)17-33(15-28)39-7/h9-17,24H,8,18-23H2,1-7H3. The number of nitrogens with zero attached hydrogens (tertiary/aromatic N) is 3. The Labute approximate surface area is 235 Å². The second kappa shape index (κ2) is 13.3. The van der Waals surface area contributed by atoms with E-state index < -0.39 is 0 Å². The van der Waals surface area contributed by atoms with E-state index in [1.165, 1.54) is 33.4 Å². The fourth-order valence-corrected chi connectivity index (χ4v) is 5.54. The Morgan fingerprint density at radius 1 is 0.538 bits per heavy atom. The minimum absolute atomic E-state index is 0.435. The third-order valence-corrected chi connectivity index (χ3v) is 7.58. The van der Waals surface area contributed by atoms with Gasteiger partial charge < -0.3 is 14.2 Å². The molecule has 1 aliphatic rings. The zero-order valence-corrected chi connectivity index (χ0v) is 24.8. The van der Waals surface area contributed by atoms with Crippen LogP contribution >= 0.6 is 0 Å². The molecule has 3 aromatic rings. The Kier molecular flexibility index (Phi) is 9.89. The van der Waals surface area contributed by atoms with E-state index in [1.807, 2.05) is 0 Å².